The molecule has 1 rings (SSSR count). The molecule has 0 aliphatic heterocycles. The normalized spacial score (nSPS) is 11.4. The van der Waals surface area contributed by atoms with Crippen LogP contribution in [0, 0.1) is 0 Å². The highest BCUT2D eigenvalue weighted by Crippen LogP contribution is 2.23. The minimum Gasteiger partial charge on any atom is -0.384 e. The number of hydrogen-bond donors (Lipinski definition) is 2. The zero-order valence-corrected chi connectivity index (χ0v) is 9.75. The van der Waals surface area contributed by atoms with E-state index in [9.17, 15) is 0 Å². The van der Waals surface area contributed by atoms with E-state index in [4.69, 9.17) is 5.73 Å². The summed E-state index contributed by atoms with van der Waals surface area (Å²) in [5.41, 5.74) is 5.70. The molecule has 1 aromatic heterocycles. The van der Waals surface area contributed by atoms with Crippen LogP contribution in [-0.4, -0.2) is 15.5 Å². The van der Waals surface area contributed by atoms with Crippen LogP contribution in [0.15, 0.2) is 12.3 Å². The molecule has 0 saturated carbocycles. The lowest BCUT2D eigenvalue weighted by Gasteiger charge is -2.31. The van der Waals surface area contributed by atoms with E-state index in [1.54, 1.807) is 12.3 Å². The van der Waals surface area contributed by atoms with Gasteiger partial charge in [-0.25, -0.2) is 4.98 Å². The van der Waals surface area contributed by atoms with Gasteiger partial charge in [-0.2, -0.15) is 4.98 Å². The first kappa shape index (κ1) is 11.8. The molecule has 0 radical (unpaired) electrons. The van der Waals surface area contributed by atoms with Crippen LogP contribution in [0.3, 0.4) is 0 Å². The van der Waals surface area contributed by atoms with Gasteiger partial charge >= 0.3 is 0 Å². The number of nitrogens with two attached hydrogens (primary N) is 1. The molecule has 0 spiro atoms. The smallest absolute Gasteiger partial charge is 0.225 e. The van der Waals surface area contributed by atoms with Crippen molar-refractivity contribution in [1.29, 1.82) is 0 Å². The fourth-order valence-corrected chi connectivity index (χ4v) is 1.69. The number of anilines is 2. The molecule has 0 unspecified atom stereocenters. The summed E-state index contributed by atoms with van der Waals surface area (Å²) >= 11 is 0. The topological polar surface area (TPSA) is 63.8 Å². The summed E-state index contributed by atoms with van der Waals surface area (Å²) in [4.78, 5) is 8.32. The molecule has 0 fully saturated rings. The molecule has 0 bridgehead atoms. The second-order valence-corrected chi connectivity index (χ2v) is 3.77. The van der Waals surface area contributed by atoms with Gasteiger partial charge in [-0.05, 0) is 25.3 Å². The van der Waals surface area contributed by atoms with Crippen molar-refractivity contribution < 1.29 is 0 Å². The highest BCUT2D eigenvalue weighted by Gasteiger charge is 2.24. The van der Waals surface area contributed by atoms with E-state index in [2.05, 4.69) is 36.1 Å². The van der Waals surface area contributed by atoms with E-state index < -0.39 is 0 Å². The van der Waals surface area contributed by atoms with Crippen LogP contribution in [0.2, 0.25) is 0 Å². The molecule has 0 aromatic carbocycles. The molecule has 84 valence electrons. The van der Waals surface area contributed by atoms with Gasteiger partial charge in [0.2, 0.25) is 5.95 Å². The lowest BCUT2D eigenvalue weighted by atomic mass is 9.90. The predicted octanol–water partition coefficient (Wildman–Crippen LogP) is 2.44. The average molecular weight is 208 g/mol. The molecule has 4 nitrogen and oxygen atoms in total. The maximum atomic E-state index is 5.61. The van der Waals surface area contributed by atoms with E-state index in [1.165, 1.54) is 0 Å². The van der Waals surface area contributed by atoms with Crippen LogP contribution in [0.5, 0.6) is 0 Å². The molecule has 0 atom stereocenters. The summed E-state index contributed by atoms with van der Waals surface area (Å²) in [6.45, 7) is 6.52. The van der Waals surface area contributed by atoms with Crippen LogP contribution in [0.1, 0.15) is 40.0 Å². The van der Waals surface area contributed by atoms with Crippen molar-refractivity contribution in [1.82, 2.24) is 9.97 Å². The van der Waals surface area contributed by atoms with Crippen molar-refractivity contribution >= 4 is 11.8 Å². The second kappa shape index (κ2) is 4.96. The number of nitrogen functional groups attached to an aromatic ring is 1. The zero-order valence-electron chi connectivity index (χ0n) is 9.75. The summed E-state index contributed by atoms with van der Waals surface area (Å²) in [6, 6.07) is 1.69. The highest BCUT2D eigenvalue weighted by molar-refractivity contribution is 5.37. The first-order valence-electron chi connectivity index (χ1n) is 5.52. The third kappa shape index (κ3) is 2.81. The molecule has 15 heavy (non-hydrogen) atoms. The molecule has 1 heterocycles. The summed E-state index contributed by atoms with van der Waals surface area (Å²) in [7, 11) is 0. The quantitative estimate of drug-likeness (QED) is 0.780. The number of rotatable bonds is 5. The van der Waals surface area contributed by atoms with Gasteiger partial charge in [0.05, 0.1) is 0 Å². The standard InChI is InChI=1S/C11H20N4/c1-4-11(5-2,6-3)15-10-13-8-7-9(12)14-10/h7-8H,4-6H2,1-3H3,(H3,12,13,14,15). The number of aromatic nitrogens is 2. The Kier molecular flexibility index (Phi) is 3.88. The van der Waals surface area contributed by atoms with Crippen LogP contribution < -0.4 is 11.1 Å². The minimum absolute atomic E-state index is 0.0911. The Bertz CT molecular complexity index is 299. The molecule has 3 N–H and O–H groups in total. The average Bonchev–Trinajstić information content (AvgIpc) is 2.26. The molecule has 0 aliphatic carbocycles. The van der Waals surface area contributed by atoms with E-state index >= 15 is 0 Å². The van der Waals surface area contributed by atoms with Gasteiger partial charge in [0.25, 0.3) is 0 Å². The Morgan fingerprint density at radius 3 is 2.33 bits per heavy atom. The maximum absolute atomic E-state index is 5.61. The van der Waals surface area contributed by atoms with E-state index in [0.717, 1.165) is 19.3 Å². The molecule has 0 saturated heterocycles. The fourth-order valence-electron chi connectivity index (χ4n) is 1.69. The van der Waals surface area contributed by atoms with Crippen LogP contribution >= 0.6 is 0 Å². The Balaban J connectivity index is 2.82. The van der Waals surface area contributed by atoms with Crippen LogP contribution in [0.25, 0.3) is 0 Å². The highest BCUT2D eigenvalue weighted by atomic mass is 15.2. The van der Waals surface area contributed by atoms with Gasteiger partial charge < -0.3 is 11.1 Å². The molecular formula is C11H20N4. The second-order valence-electron chi connectivity index (χ2n) is 3.77. The van der Waals surface area contributed by atoms with Crippen molar-refractivity contribution in [2.24, 2.45) is 0 Å². The lowest BCUT2D eigenvalue weighted by Crippen LogP contribution is -2.36. The number of nitrogens with zero attached hydrogens (tertiary/aromatic N) is 2. The molecule has 0 aliphatic rings. The third-order valence-corrected chi connectivity index (χ3v) is 3.08. The molecular weight excluding hydrogens is 188 g/mol. The largest absolute Gasteiger partial charge is 0.384 e. The van der Waals surface area contributed by atoms with Crippen molar-refractivity contribution in [3.8, 4) is 0 Å². The summed E-state index contributed by atoms with van der Waals surface area (Å²) in [5.74, 6) is 1.13. The van der Waals surface area contributed by atoms with Crippen LogP contribution in [0.4, 0.5) is 11.8 Å². The first-order valence-corrected chi connectivity index (χ1v) is 5.52. The Labute approximate surface area is 91.3 Å². The Morgan fingerprint density at radius 2 is 1.87 bits per heavy atom. The fraction of sp³-hybridized carbons (Fsp3) is 0.636. The number of nitrogens with one attached hydrogen (secondary N) is 1. The maximum Gasteiger partial charge on any atom is 0.225 e. The van der Waals surface area contributed by atoms with Crippen molar-refractivity contribution in [3.63, 3.8) is 0 Å². The third-order valence-electron chi connectivity index (χ3n) is 3.08. The molecule has 4 heteroatoms. The van der Waals surface area contributed by atoms with Gasteiger partial charge in [0, 0.05) is 11.7 Å². The minimum atomic E-state index is 0.0911. The predicted molar refractivity (Wildman–Crippen MR) is 63.7 cm³/mol. The van der Waals surface area contributed by atoms with Gasteiger partial charge in [-0.1, -0.05) is 20.8 Å². The van der Waals surface area contributed by atoms with E-state index in [0.29, 0.717) is 11.8 Å². The van der Waals surface area contributed by atoms with Crippen molar-refractivity contribution in [3.05, 3.63) is 12.3 Å². The van der Waals surface area contributed by atoms with Gasteiger partial charge in [0.15, 0.2) is 0 Å². The van der Waals surface area contributed by atoms with Gasteiger partial charge in [0.1, 0.15) is 5.82 Å². The zero-order chi connectivity index (χ0) is 11.3. The molecule has 0 amide bonds. The SMILES string of the molecule is CCC(CC)(CC)Nc1nccc(N)n1. The lowest BCUT2D eigenvalue weighted by molar-refractivity contribution is 0.417. The van der Waals surface area contributed by atoms with Crippen molar-refractivity contribution in [2.45, 2.75) is 45.6 Å². The Morgan fingerprint density at radius 1 is 1.27 bits per heavy atom. The van der Waals surface area contributed by atoms with Gasteiger partial charge in [-0.3, -0.25) is 0 Å². The summed E-state index contributed by atoms with van der Waals surface area (Å²) in [5, 5.41) is 3.38. The van der Waals surface area contributed by atoms with E-state index in [-0.39, 0.29) is 5.54 Å². The summed E-state index contributed by atoms with van der Waals surface area (Å²) < 4.78 is 0. The Hall–Kier alpha value is -1.32. The van der Waals surface area contributed by atoms with Crippen molar-refractivity contribution in [2.75, 3.05) is 11.1 Å². The first-order chi connectivity index (χ1) is 7.15. The monoisotopic (exact) mass is 208 g/mol. The van der Waals surface area contributed by atoms with Gasteiger partial charge in [-0.15, -0.1) is 0 Å². The van der Waals surface area contributed by atoms with Crippen LogP contribution in [-0.2, 0) is 0 Å². The molecule has 1 aromatic rings. The van der Waals surface area contributed by atoms with E-state index in [1.807, 2.05) is 0 Å². The number of hydrogen-bond acceptors (Lipinski definition) is 4. The summed E-state index contributed by atoms with van der Waals surface area (Å²) in [6.07, 6.45) is 4.84.